The van der Waals surface area contributed by atoms with E-state index >= 15 is 0 Å². The monoisotopic (exact) mass is 380 g/mol. The Balaban J connectivity index is 1.72. The highest BCUT2D eigenvalue weighted by Crippen LogP contribution is 2.36. The molecule has 0 saturated heterocycles. The summed E-state index contributed by atoms with van der Waals surface area (Å²) in [6.45, 7) is 2.34. The van der Waals surface area contributed by atoms with Crippen LogP contribution in [-0.4, -0.2) is 13.7 Å². The second-order valence-corrected chi connectivity index (χ2v) is 7.03. The molecule has 144 valence electrons. The first kappa shape index (κ1) is 18.3. The molecule has 0 bridgehead atoms. The topological polar surface area (TPSA) is 48.7 Å². The maximum Gasteiger partial charge on any atom is 0.196 e. The third-order valence-electron chi connectivity index (χ3n) is 4.92. The second-order valence-electron chi connectivity index (χ2n) is 7.03. The lowest BCUT2D eigenvalue weighted by Gasteiger charge is -2.13. The molecule has 1 aliphatic rings. The van der Waals surface area contributed by atoms with Crippen molar-refractivity contribution in [1.82, 2.24) is 0 Å². The van der Waals surface area contributed by atoms with E-state index in [9.17, 15) is 9.18 Å². The number of methoxy groups -OCH3 is 1. The van der Waals surface area contributed by atoms with Crippen molar-refractivity contribution >= 4 is 23.1 Å². The average Bonchev–Trinajstić information content (AvgIpc) is 3.53. The fourth-order valence-electron chi connectivity index (χ4n) is 3.07. The van der Waals surface area contributed by atoms with Gasteiger partial charge in [-0.05, 0) is 62.1 Å². The Labute approximate surface area is 162 Å². The van der Waals surface area contributed by atoms with E-state index in [1.54, 1.807) is 20.1 Å². The summed E-state index contributed by atoms with van der Waals surface area (Å²) < 4.78 is 30.7. The van der Waals surface area contributed by atoms with Gasteiger partial charge < -0.3 is 13.9 Å². The number of para-hydroxylation sites is 1. The third kappa shape index (κ3) is 3.65. The van der Waals surface area contributed by atoms with Crippen LogP contribution < -0.4 is 14.9 Å². The van der Waals surface area contributed by atoms with Crippen LogP contribution in [0.25, 0.3) is 23.1 Å². The lowest BCUT2D eigenvalue weighted by molar-refractivity contribution is 0.280. The smallest absolute Gasteiger partial charge is 0.196 e. The second kappa shape index (κ2) is 7.50. The summed E-state index contributed by atoms with van der Waals surface area (Å²) in [4.78, 5) is 12.6. The molecule has 0 aliphatic heterocycles. The van der Waals surface area contributed by atoms with Gasteiger partial charge in [-0.2, -0.15) is 0 Å². The number of fused-ring (bicyclic) bond motifs is 1. The summed E-state index contributed by atoms with van der Waals surface area (Å²) in [5.41, 5.74) is 1.38. The van der Waals surface area contributed by atoms with Crippen molar-refractivity contribution in [3.8, 4) is 11.5 Å². The van der Waals surface area contributed by atoms with Crippen LogP contribution in [0.1, 0.15) is 29.7 Å². The quantitative estimate of drug-likeness (QED) is 0.589. The van der Waals surface area contributed by atoms with Crippen molar-refractivity contribution in [2.45, 2.75) is 19.8 Å². The van der Waals surface area contributed by atoms with Crippen molar-refractivity contribution in [2.75, 3.05) is 13.7 Å². The molecule has 0 atom stereocenters. The number of ether oxygens (including phenoxy) is 2. The van der Waals surface area contributed by atoms with Gasteiger partial charge in [-0.25, -0.2) is 4.39 Å². The van der Waals surface area contributed by atoms with E-state index in [1.165, 1.54) is 31.0 Å². The molecule has 3 aromatic rings. The summed E-state index contributed by atoms with van der Waals surface area (Å²) in [5.74, 6) is 1.92. The van der Waals surface area contributed by atoms with E-state index in [4.69, 9.17) is 13.9 Å². The SMILES string of the molecule is COc1cccc(C=Cc2oc3ccc(F)cc3c(=O)c2C)c1OCC1CC1. The predicted molar refractivity (Wildman–Crippen MR) is 107 cm³/mol. The van der Waals surface area contributed by atoms with Crippen LogP contribution in [0.15, 0.2) is 45.6 Å². The molecule has 0 radical (unpaired) electrons. The molecule has 4 nitrogen and oxygen atoms in total. The Morgan fingerprint density at radius 3 is 2.79 bits per heavy atom. The molecule has 1 saturated carbocycles. The van der Waals surface area contributed by atoms with Gasteiger partial charge in [0.25, 0.3) is 0 Å². The van der Waals surface area contributed by atoms with Gasteiger partial charge in [-0.15, -0.1) is 0 Å². The van der Waals surface area contributed by atoms with E-state index in [2.05, 4.69) is 0 Å². The molecule has 4 rings (SSSR count). The largest absolute Gasteiger partial charge is 0.493 e. The van der Waals surface area contributed by atoms with Gasteiger partial charge in [-0.1, -0.05) is 12.1 Å². The summed E-state index contributed by atoms with van der Waals surface area (Å²) >= 11 is 0. The minimum atomic E-state index is -0.462. The van der Waals surface area contributed by atoms with Crippen molar-refractivity contribution in [3.05, 3.63) is 69.3 Å². The molecular formula is C23H21FO4. The van der Waals surface area contributed by atoms with Crippen LogP contribution in [0.2, 0.25) is 0 Å². The van der Waals surface area contributed by atoms with Gasteiger partial charge in [0, 0.05) is 11.1 Å². The third-order valence-corrected chi connectivity index (χ3v) is 4.92. The maximum absolute atomic E-state index is 13.4. The van der Waals surface area contributed by atoms with Crippen LogP contribution in [-0.2, 0) is 0 Å². The van der Waals surface area contributed by atoms with Gasteiger partial charge in [-0.3, -0.25) is 4.79 Å². The first-order valence-electron chi connectivity index (χ1n) is 9.27. The normalized spacial score (nSPS) is 14.0. The molecule has 0 amide bonds. The molecule has 0 N–H and O–H groups in total. The Kier molecular flexibility index (Phi) is 4.90. The number of benzene rings is 2. The lowest BCUT2D eigenvalue weighted by Crippen LogP contribution is -2.07. The Morgan fingerprint density at radius 1 is 1.21 bits per heavy atom. The van der Waals surface area contributed by atoms with Crippen LogP contribution in [0.4, 0.5) is 4.39 Å². The van der Waals surface area contributed by atoms with E-state index in [-0.39, 0.29) is 10.8 Å². The zero-order valence-electron chi connectivity index (χ0n) is 15.8. The molecule has 0 unspecified atom stereocenters. The maximum atomic E-state index is 13.4. The molecule has 0 spiro atoms. The van der Waals surface area contributed by atoms with Crippen LogP contribution in [0, 0.1) is 18.7 Å². The molecule has 1 fully saturated rings. The number of hydrogen-bond donors (Lipinski definition) is 0. The minimum absolute atomic E-state index is 0.240. The Bertz CT molecular complexity index is 1110. The van der Waals surface area contributed by atoms with Crippen LogP contribution in [0.5, 0.6) is 11.5 Å². The predicted octanol–water partition coefficient (Wildman–Crippen LogP) is 5.21. The number of hydrogen-bond acceptors (Lipinski definition) is 4. The molecule has 1 aromatic heterocycles. The number of rotatable bonds is 6. The molecule has 28 heavy (non-hydrogen) atoms. The Hall–Kier alpha value is -3.08. The van der Waals surface area contributed by atoms with Crippen molar-refractivity contribution in [2.24, 2.45) is 5.92 Å². The summed E-state index contributed by atoms with van der Waals surface area (Å²) in [7, 11) is 1.61. The van der Waals surface area contributed by atoms with Crippen LogP contribution >= 0.6 is 0 Å². The van der Waals surface area contributed by atoms with E-state index < -0.39 is 5.82 Å². The zero-order valence-corrected chi connectivity index (χ0v) is 15.8. The van der Waals surface area contributed by atoms with E-state index in [0.717, 1.165) is 5.56 Å². The Morgan fingerprint density at radius 2 is 2.04 bits per heavy atom. The van der Waals surface area contributed by atoms with Gasteiger partial charge >= 0.3 is 0 Å². The fourth-order valence-corrected chi connectivity index (χ4v) is 3.07. The zero-order chi connectivity index (χ0) is 19.7. The average molecular weight is 380 g/mol. The molecule has 1 aliphatic carbocycles. The van der Waals surface area contributed by atoms with Gasteiger partial charge in [0.15, 0.2) is 16.9 Å². The molecule has 5 heteroatoms. The first-order valence-corrected chi connectivity index (χ1v) is 9.27. The summed E-state index contributed by atoms with van der Waals surface area (Å²) in [6.07, 6.45) is 5.97. The standard InChI is InChI=1S/C23H21FO4/c1-14-19(28-20-11-9-17(24)12-18(20)22(14)25)10-8-16-4-3-5-21(26-2)23(16)27-13-15-6-7-15/h3-5,8-12,15H,6-7,13H2,1-2H3. The minimum Gasteiger partial charge on any atom is -0.493 e. The van der Waals surface area contributed by atoms with E-state index in [0.29, 0.717) is 40.9 Å². The van der Waals surface area contributed by atoms with Crippen LogP contribution in [0.3, 0.4) is 0 Å². The fraction of sp³-hybridized carbons (Fsp3) is 0.261. The lowest BCUT2D eigenvalue weighted by atomic mass is 10.1. The van der Waals surface area contributed by atoms with Crippen molar-refractivity contribution in [1.29, 1.82) is 0 Å². The molecule has 2 aromatic carbocycles. The highest BCUT2D eigenvalue weighted by molar-refractivity contribution is 5.80. The van der Waals surface area contributed by atoms with Crippen molar-refractivity contribution < 1.29 is 18.3 Å². The molecule has 1 heterocycles. The summed E-state index contributed by atoms with van der Waals surface area (Å²) in [6, 6.07) is 9.61. The highest BCUT2D eigenvalue weighted by Gasteiger charge is 2.23. The van der Waals surface area contributed by atoms with Gasteiger partial charge in [0.1, 0.15) is 17.2 Å². The highest BCUT2D eigenvalue weighted by atomic mass is 19.1. The van der Waals surface area contributed by atoms with Gasteiger partial charge in [0.05, 0.1) is 19.1 Å². The first-order chi connectivity index (χ1) is 13.6. The summed E-state index contributed by atoms with van der Waals surface area (Å²) in [5, 5.41) is 0.240. The van der Waals surface area contributed by atoms with Crippen molar-refractivity contribution in [3.63, 3.8) is 0 Å². The van der Waals surface area contributed by atoms with Gasteiger partial charge in [0.2, 0.25) is 0 Å². The number of halogens is 1. The molecular weight excluding hydrogens is 359 g/mol. The van der Waals surface area contributed by atoms with E-state index in [1.807, 2.05) is 24.3 Å².